The van der Waals surface area contributed by atoms with Gasteiger partial charge in [0.2, 0.25) is 0 Å². The summed E-state index contributed by atoms with van der Waals surface area (Å²) in [5, 5.41) is 19.2. The van der Waals surface area contributed by atoms with Gasteiger partial charge in [0.25, 0.3) is 0 Å². The van der Waals surface area contributed by atoms with Crippen molar-refractivity contribution < 1.29 is 19.7 Å². The highest BCUT2D eigenvalue weighted by atomic mass is 16.5. The van der Waals surface area contributed by atoms with Crippen LogP contribution in [0.3, 0.4) is 0 Å². The quantitative estimate of drug-likeness (QED) is 0.603. The number of hydrogen-bond donors (Lipinski definition) is 2. The van der Waals surface area contributed by atoms with E-state index in [1.165, 1.54) is 5.69 Å². The largest absolute Gasteiger partial charge is 0.508 e. The molecule has 2 N–H and O–H groups in total. The molecule has 1 unspecified atom stereocenters. The number of aromatic hydroxyl groups is 2. The molecule has 1 atom stereocenters. The van der Waals surface area contributed by atoms with Crippen LogP contribution in [0.2, 0.25) is 0 Å². The van der Waals surface area contributed by atoms with E-state index in [1.54, 1.807) is 24.3 Å². The van der Waals surface area contributed by atoms with E-state index in [2.05, 4.69) is 17.0 Å². The maximum Gasteiger partial charge on any atom is 0.131 e. The number of phenolic OH excluding ortho intramolecular Hbond substituents is 2. The molecular formula is C25H25NO4. The summed E-state index contributed by atoms with van der Waals surface area (Å²) in [4.78, 5) is 2.08. The molecule has 2 aliphatic rings. The highest BCUT2D eigenvalue weighted by Gasteiger charge is 2.32. The third kappa shape index (κ3) is 3.79. The van der Waals surface area contributed by atoms with Crippen LogP contribution in [0.25, 0.3) is 11.1 Å². The molecule has 0 amide bonds. The summed E-state index contributed by atoms with van der Waals surface area (Å²) in [6.07, 6.45) is -0.138. The van der Waals surface area contributed by atoms with Crippen molar-refractivity contribution in [3.63, 3.8) is 0 Å². The van der Waals surface area contributed by atoms with Crippen molar-refractivity contribution in [2.45, 2.75) is 13.0 Å². The topological polar surface area (TPSA) is 62.2 Å². The number of hydrogen-bond acceptors (Lipinski definition) is 5. The Morgan fingerprint density at radius 3 is 2.10 bits per heavy atom. The lowest BCUT2D eigenvalue weighted by Crippen LogP contribution is -2.25. The average Bonchev–Trinajstić information content (AvgIpc) is 2.74. The highest BCUT2D eigenvalue weighted by Crippen LogP contribution is 2.46. The first kappa shape index (κ1) is 19.7. The smallest absolute Gasteiger partial charge is 0.131 e. The maximum atomic E-state index is 9.60. The van der Waals surface area contributed by atoms with Crippen molar-refractivity contribution in [3.05, 3.63) is 77.9 Å². The van der Waals surface area contributed by atoms with Gasteiger partial charge < -0.3 is 24.6 Å². The van der Waals surface area contributed by atoms with Crippen LogP contribution in [0, 0.1) is 0 Å². The Morgan fingerprint density at radius 1 is 0.833 bits per heavy atom. The molecule has 0 saturated carbocycles. The molecule has 0 aliphatic carbocycles. The van der Waals surface area contributed by atoms with Crippen molar-refractivity contribution in [3.8, 4) is 23.0 Å². The van der Waals surface area contributed by atoms with E-state index in [9.17, 15) is 10.2 Å². The van der Waals surface area contributed by atoms with Gasteiger partial charge in [-0.2, -0.15) is 0 Å². The number of phenols is 2. The molecule has 154 valence electrons. The zero-order chi connectivity index (χ0) is 21.3. The number of benzene rings is 3. The highest BCUT2D eigenvalue weighted by molar-refractivity contribution is 5.99. The molecule has 0 fully saturated rings. The summed E-state index contributed by atoms with van der Waals surface area (Å²) in [7, 11) is 4.07. The normalized spacial score (nSPS) is 16.0. The third-order valence-electron chi connectivity index (χ3n) is 5.23. The summed E-state index contributed by atoms with van der Waals surface area (Å²) < 4.78 is 11.7. The number of para-hydroxylation sites is 1. The van der Waals surface area contributed by atoms with E-state index in [0.29, 0.717) is 18.1 Å². The van der Waals surface area contributed by atoms with Crippen molar-refractivity contribution in [1.82, 2.24) is 0 Å². The minimum Gasteiger partial charge on any atom is -0.508 e. The van der Waals surface area contributed by atoms with Gasteiger partial charge >= 0.3 is 0 Å². The Bertz CT molecular complexity index is 1090. The minimum atomic E-state index is -0.138. The molecule has 0 spiro atoms. The molecule has 0 aromatic heterocycles. The van der Waals surface area contributed by atoms with E-state index in [0.717, 1.165) is 22.3 Å². The van der Waals surface area contributed by atoms with Crippen molar-refractivity contribution in [2.75, 3.05) is 25.6 Å². The third-order valence-corrected chi connectivity index (χ3v) is 5.23. The summed E-state index contributed by atoms with van der Waals surface area (Å²) in [5.41, 5.74) is 5.29. The van der Waals surface area contributed by atoms with Gasteiger partial charge in [0.15, 0.2) is 0 Å². The molecule has 5 heteroatoms. The van der Waals surface area contributed by atoms with Crippen LogP contribution in [0.1, 0.15) is 18.1 Å². The van der Waals surface area contributed by atoms with E-state index in [1.807, 2.05) is 51.4 Å². The van der Waals surface area contributed by atoms with Crippen LogP contribution in [-0.4, -0.2) is 37.0 Å². The van der Waals surface area contributed by atoms with E-state index >= 15 is 0 Å². The molecule has 0 radical (unpaired) electrons. The van der Waals surface area contributed by atoms with Crippen LogP contribution in [-0.2, 0) is 0 Å². The van der Waals surface area contributed by atoms with Crippen molar-refractivity contribution in [1.29, 1.82) is 0 Å². The van der Waals surface area contributed by atoms with E-state index in [-0.39, 0.29) is 17.6 Å². The number of fused-ring (bicyclic) bond motifs is 4. The zero-order valence-corrected chi connectivity index (χ0v) is 17.3. The molecule has 0 bridgehead atoms. The van der Waals surface area contributed by atoms with Crippen LogP contribution in [0.5, 0.6) is 23.0 Å². The number of ether oxygens (including phenoxy) is 2. The van der Waals surface area contributed by atoms with Gasteiger partial charge in [-0.1, -0.05) is 18.2 Å². The van der Waals surface area contributed by atoms with Crippen molar-refractivity contribution in [2.24, 2.45) is 0 Å². The molecule has 3 aromatic carbocycles. The predicted octanol–water partition coefficient (Wildman–Crippen LogP) is 4.93. The molecule has 0 saturated heterocycles. The fourth-order valence-corrected chi connectivity index (χ4v) is 3.76. The maximum absolute atomic E-state index is 9.60. The number of anilines is 1. The Kier molecular flexibility index (Phi) is 5.27. The number of rotatable bonds is 1. The van der Waals surface area contributed by atoms with Gasteiger partial charge in [0, 0.05) is 54.2 Å². The summed E-state index contributed by atoms with van der Waals surface area (Å²) in [6, 6.07) is 20.5. The second-order valence-electron chi connectivity index (χ2n) is 7.53. The first-order valence-electron chi connectivity index (χ1n) is 9.85. The fraction of sp³-hybridized carbons (Fsp3) is 0.200. The van der Waals surface area contributed by atoms with Gasteiger partial charge in [0.05, 0.1) is 0 Å². The second kappa shape index (κ2) is 8.03. The average molecular weight is 403 g/mol. The monoisotopic (exact) mass is 403 g/mol. The van der Waals surface area contributed by atoms with E-state index < -0.39 is 0 Å². The van der Waals surface area contributed by atoms with Crippen LogP contribution >= 0.6 is 0 Å². The molecule has 2 heterocycles. The molecular weight excluding hydrogens is 378 g/mol. The molecule has 5 nitrogen and oxygen atoms in total. The summed E-state index contributed by atoms with van der Waals surface area (Å²) in [5.74, 6) is 1.72. The Balaban J connectivity index is 0.000000204. The Hall–Kier alpha value is -3.60. The molecule has 5 rings (SSSR count). The van der Waals surface area contributed by atoms with Crippen LogP contribution < -0.4 is 14.4 Å². The van der Waals surface area contributed by atoms with Gasteiger partial charge in [-0.05, 0) is 43.3 Å². The lowest BCUT2D eigenvalue weighted by atomic mass is 9.87. The Labute approximate surface area is 176 Å². The molecule has 2 aliphatic heterocycles. The van der Waals surface area contributed by atoms with Crippen LogP contribution in [0.4, 0.5) is 5.69 Å². The second-order valence-corrected chi connectivity index (χ2v) is 7.53. The lowest BCUT2D eigenvalue weighted by molar-refractivity contribution is 0.265. The van der Waals surface area contributed by atoms with Crippen LogP contribution in [0.15, 0.2) is 66.7 Å². The fourth-order valence-electron chi connectivity index (χ4n) is 3.76. The van der Waals surface area contributed by atoms with Gasteiger partial charge in [-0.15, -0.1) is 0 Å². The number of nitrogens with zero attached hydrogens (tertiary/aromatic N) is 1. The predicted molar refractivity (Wildman–Crippen MR) is 119 cm³/mol. The zero-order valence-electron chi connectivity index (χ0n) is 17.3. The summed E-state index contributed by atoms with van der Waals surface area (Å²) in [6.45, 7) is 2.40. The molecule has 30 heavy (non-hydrogen) atoms. The van der Waals surface area contributed by atoms with E-state index in [4.69, 9.17) is 9.47 Å². The first-order valence-corrected chi connectivity index (χ1v) is 9.85. The standard InChI is InChI=1S/C17H14O4.C8H11N/c1-9-17-13-5-3-10(18)6-15(13)20-8-14(17)12-4-2-11(19)7-16(12)21-9;1-9(2)8-6-4-3-5-7-8/h2-7,9,18-19H,8H2,1H3;3-7H,1-2H3. The Morgan fingerprint density at radius 2 is 1.47 bits per heavy atom. The SMILES string of the molecule is CC1Oc2cc(O)ccc2C2=C1c1ccc(O)cc1OC2.CN(C)c1ccccc1. The van der Waals surface area contributed by atoms with Gasteiger partial charge in [-0.25, -0.2) is 0 Å². The minimum absolute atomic E-state index is 0.138. The van der Waals surface area contributed by atoms with Gasteiger partial charge in [0.1, 0.15) is 35.7 Å². The summed E-state index contributed by atoms with van der Waals surface area (Å²) >= 11 is 0. The lowest BCUT2D eigenvalue weighted by Gasteiger charge is -2.33. The first-order chi connectivity index (χ1) is 14.4. The molecule has 3 aromatic rings. The van der Waals surface area contributed by atoms with Gasteiger partial charge in [-0.3, -0.25) is 0 Å². The van der Waals surface area contributed by atoms with Crippen molar-refractivity contribution >= 4 is 16.8 Å².